The van der Waals surface area contributed by atoms with Gasteiger partial charge >= 0.3 is 11.9 Å². The molecule has 246 valence electrons. The number of hydrogen-bond donors (Lipinski definition) is 5. The molecule has 0 saturated carbocycles. The fraction of sp³-hybridized carbons (Fsp3) is 0.844. The molecule has 0 fully saturated rings. The Hall–Kier alpha value is -2.65. The maximum atomic E-state index is 11.9. The summed E-state index contributed by atoms with van der Waals surface area (Å²) in [4.78, 5) is 57.2. The normalized spacial score (nSPS) is 13.3. The zero-order chi connectivity index (χ0) is 32.8. The van der Waals surface area contributed by atoms with Gasteiger partial charge in [0.05, 0.1) is 11.8 Å². The van der Waals surface area contributed by atoms with Gasteiger partial charge < -0.3 is 26.2 Å². The predicted octanol–water partition coefficient (Wildman–Crippen LogP) is 5.25. The molecule has 3 atom stereocenters. The van der Waals surface area contributed by atoms with E-state index in [0.29, 0.717) is 24.7 Å². The van der Waals surface area contributed by atoms with E-state index in [-0.39, 0.29) is 55.1 Å². The molecule has 10 nitrogen and oxygen atoms in total. The summed E-state index contributed by atoms with van der Waals surface area (Å²) in [7, 11) is 0. The van der Waals surface area contributed by atoms with Crippen LogP contribution in [0.15, 0.2) is 0 Å². The SMILES string of the molecule is CC(C)CCCCC(=O)NC(C)CC(=O)NCC(C(=O)O)C(C)C.CC(C)CCCCC(=O)NCC(C(=O)O)C(C)C. The predicted molar refractivity (Wildman–Crippen MR) is 167 cm³/mol. The molecule has 0 saturated heterocycles. The highest BCUT2D eigenvalue weighted by molar-refractivity contribution is 5.80. The Morgan fingerprint density at radius 2 is 0.929 bits per heavy atom. The van der Waals surface area contributed by atoms with Crippen LogP contribution in [-0.2, 0) is 24.0 Å². The molecule has 0 heterocycles. The number of carbonyl (C=O) groups is 5. The van der Waals surface area contributed by atoms with E-state index in [1.807, 2.05) is 27.7 Å². The maximum absolute atomic E-state index is 11.9. The number of hydrogen-bond acceptors (Lipinski definition) is 5. The molecule has 0 aromatic rings. The van der Waals surface area contributed by atoms with Gasteiger partial charge in [0, 0.05) is 38.4 Å². The van der Waals surface area contributed by atoms with Crippen LogP contribution in [0.4, 0.5) is 0 Å². The molecule has 0 rings (SSSR count). The number of carboxylic acids is 2. The third kappa shape index (κ3) is 24.0. The lowest BCUT2D eigenvalue weighted by Gasteiger charge is -2.18. The van der Waals surface area contributed by atoms with E-state index in [4.69, 9.17) is 10.2 Å². The fourth-order valence-electron chi connectivity index (χ4n) is 4.18. The minimum atomic E-state index is -0.909. The van der Waals surface area contributed by atoms with Crippen LogP contribution < -0.4 is 16.0 Å². The van der Waals surface area contributed by atoms with Gasteiger partial charge in [-0.15, -0.1) is 0 Å². The monoisotopic (exact) mass is 599 g/mol. The summed E-state index contributed by atoms with van der Waals surface area (Å²) in [5.41, 5.74) is 0. The number of rotatable bonds is 21. The maximum Gasteiger partial charge on any atom is 0.308 e. The second-order valence-electron chi connectivity index (χ2n) is 12.9. The molecule has 10 heteroatoms. The molecular formula is C32H61N3O7. The lowest BCUT2D eigenvalue weighted by atomic mass is 9.96. The first-order chi connectivity index (χ1) is 19.5. The van der Waals surface area contributed by atoms with Gasteiger partial charge in [0.15, 0.2) is 0 Å². The van der Waals surface area contributed by atoms with Gasteiger partial charge in [-0.3, -0.25) is 24.0 Å². The summed E-state index contributed by atoms with van der Waals surface area (Å²) in [5.74, 6) is -1.86. The zero-order valence-corrected chi connectivity index (χ0v) is 27.8. The zero-order valence-electron chi connectivity index (χ0n) is 27.8. The van der Waals surface area contributed by atoms with Crippen LogP contribution in [0.3, 0.4) is 0 Å². The van der Waals surface area contributed by atoms with E-state index >= 15 is 0 Å². The summed E-state index contributed by atoms with van der Waals surface area (Å²) in [6, 6.07) is -0.259. The second kappa shape index (κ2) is 23.9. The topological polar surface area (TPSA) is 162 Å². The number of aliphatic carboxylic acids is 2. The molecule has 3 amide bonds. The Bertz CT molecular complexity index is 797. The van der Waals surface area contributed by atoms with Gasteiger partial charge in [-0.1, -0.05) is 81.1 Å². The molecule has 0 aromatic carbocycles. The number of amides is 3. The molecular weight excluding hydrogens is 538 g/mol. The number of unbranched alkanes of at least 4 members (excludes halogenated alkanes) is 2. The lowest BCUT2D eigenvalue weighted by molar-refractivity contribution is -0.144. The van der Waals surface area contributed by atoms with Crippen molar-refractivity contribution in [1.82, 2.24) is 16.0 Å². The molecule has 0 aliphatic carbocycles. The van der Waals surface area contributed by atoms with E-state index in [1.54, 1.807) is 6.92 Å². The lowest BCUT2D eigenvalue weighted by Crippen LogP contribution is -2.40. The highest BCUT2D eigenvalue weighted by atomic mass is 16.4. The van der Waals surface area contributed by atoms with Gasteiger partial charge in [0.25, 0.3) is 0 Å². The van der Waals surface area contributed by atoms with E-state index in [1.165, 1.54) is 0 Å². The van der Waals surface area contributed by atoms with Crippen LogP contribution in [0, 0.1) is 35.5 Å². The Balaban J connectivity index is 0. The van der Waals surface area contributed by atoms with Gasteiger partial charge in [-0.25, -0.2) is 0 Å². The molecule has 3 unspecified atom stereocenters. The van der Waals surface area contributed by atoms with Crippen LogP contribution in [-0.4, -0.2) is 59.0 Å². The number of carbonyl (C=O) groups excluding carboxylic acids is 3. The van der Waals surface area contributed by atoms with Crippen molar-refractivity contribution in [2.75, 3.05) is 13.1 Å². The number of carboxylic acid groups (broad SMARTS) is 2. The number of nitrogens with one attached hydrogen (secondary N) is 3. The molecule has 0 spiro atoms. The minimum absolute atomic E-state index is 0.0312. The Kier molecular flexibility index (Phi) is 23.6. The first-order valence-corrected chi connectivity index (χ1v) is 15.8. The Morgan fingerprint density at radius 1 is 0.548 bits per heavy atom. The largest absolute Gasteiger partial charge is 0.481 e. The highest BCUT2D eigenvalue weighted by Crippen LogP contribution is 2.12. The van der Waals surface area contributed by atoms with Crippen LogP contribution >= 0.6 is 0 Å². The van der Waals surface area contributed by atoms with Gasteiger partial charge in [-0.05, 0) is 43.4 Å². The summed E-state index contributed by atoms with van der Waals surface area (Å²) < 4.78 is 0. The Morgan fingerprint density at radius 3 is 1.29 bits per heavy atom. The standard InChI is InChI=1S/C18H34N2O4.C14H27NO3/c1-12(2)8-6-7-9-16(21)20-14(5)10-17(22)19-11-15(13(3)4)18(23)24;1-10(2)7-5-6-8-13(16)15-9-12(11(3)4)14(17)18/h12-15H,6-11H2,1-5H3,(H,19,22)(H,20,21)(H,23,24);10-12H,5-9H2,1-4H3,(H,15,16)(H,17,18). The molecule has 5 N–H and O–H groups in total. The van der Waals surface area contributed by atoms with Crippen LogP contribution in [0.1, 0.15) is 120 Å². The third-order valence-electron chi connectivity index (χ3n) is 7.05. The van der Waals surface area contributed by atoms with Gasteiger partial charge in [0.1, 0.15) is 0 Å². The smallest absolute Gasteiger partial charge is 0.308 e. The van der Waals surface area contributed by atoms with Crippen molar-refractivity contribution < 1.29 is 34.2 Å². The van der Waals surface area contributed by atoms with E-state index in [9.17, 15) is 24.0 Å². The molecule has 0 radical (unpaired) electrons. The molecule has 0 aliphatic rings. The molecule has 0 aliphatic heterocycles. The van der Waals surface area contributed by atoms with Crippen molar-refractivity contribution in [3.05, 3.63) is 0 Å². The molecule has 0 bridgehead atoms. The van der Waals surface area contributed by atoms with Crippen LogP contribution in [0.5, 0.6) is 0 Å². The molecule has 42 heavy (non-hydrogen) atoms. The average Bonchev–Trinajstić information content (AvgIpc) is 2.84. The summed E-state index contributed by atoms with van der Waals surface area (Å²) in [5, 5.41) is 26.2. The van der Waals surface area contributed by atoms with E-state index in [0.717, 1.165) is 38.5 Å². The van der Waals surface area contributed by atoms with Crippen molar-refractivity contribution in [3.63, 3.8) is 0 Å². The van der Waals surface area contributed by atoms with Gasteiger partial charge in [-0.2, -0.15) is 0 Å². The van der Waals surface area contributed by atoms with Crippen molar-refractivity contribution in [3.8, 4) is 0 Å². The average molecular weight is 600 g/mol. The summed E-state index contributed by atoms with van der Waals surface area (Å²) >= 11 is 0. The van der Waals surface area contributed by atoms with E-state index in [2.05, 4.69) is 43.6 Å². The van der Waals surface area contributed by atoms with Crippen LogP contribution in [0.2, 0.25) is 0 Å². The van der Waals surface area contributed by atoms with Crippen molar-refractivity contribution in [2.24, 2.45) is 35.5 Å². The first-order valence-electron chi connectivity index (χ1n) is 15.8. The first kappa shape index (κ1) is 41.5. The third-order valence-corrected chi connectivity index (χ3v) is 7.05. The van der Waals surface area contributed by atoms with Crippen molar-refractivity contribution in [1.29, 1.82) is 0 Å². The minimum Gasteiger partial charge on any atom is -0.481 e. The summed E-state index contributed by atoms with van der Waals surface area (Å²) in [6.07, 6.45) is 7.21. The fourth-order valence-corrected chi connectivity index (χ4v) is 4.18. The van der Waals surface area contributed by atoms with Gasteiger partial charge in [0.2, 0.25) is 17.7 Å². The quantitative estimate of drug-likeness (QED) is 0.113. The van der Waals surface area contributed by atoms with E-state index < -0.39 is 23.8 Å². The van der Waals surface area contributed by atoms with Crippen molar-refractivity contribution in [2.45, 2.75) is 126 Å². The van der Waals surface area contributed by atoms with Crippen LogP contribution in [0.25, 0.3) is 0 Å². The summed E-state index contributed by atoms with van der Waals surface area (Å²) in [6.45, 7) is 18.1. The second-order valence-corrected chi connectivity index (χ2v) is 12.9. The van der Waals surface area contributed by atoms with Crippen molar-refractivity contribution >= 4 is 29.7 Å². The Labute approximate surface area is 254 Å². The molecule has 0 aromatic heterocycles. The highest BCUT2D eigenvalue weighted by Gasteiger charge is 2.23.